The van der Waals surface area contributed by atoms with Gasteiger partial charge in [0.05, 0.1) is 10.6 Å². The Morgan fingerprint density at radius 2 is 1.94 bits per heavy atom. The number of anilines is 3. The fourth-order valence-electron chi connectivity index (χ4n) is 3.23. The largest absolute Gasteiger partial charge is 0.508 e. The molecule has 0 aliphatic carbocycles. The van der Waals surface area contributed by atoms with Gasteiger partial charge in [0, 0.05) is 31.1 Å². The van der Waals surface area contributed by atoms with Crippen molar-refractivity contribution in [2.75, 3.05) is 23.8 Å². The van der Waals surface area contributed by atoms with E-state index in [2.05, 4.69) is 25.6 Å². The summed E-state index contributed by atoms with van der Waals surface area (Å²) in [7, 11) is 0. The van der Waals surface area contributed by atoms with E-state index in [1.165, 1.54) is 18.3 Å². The molecule has 0 spiro atoms. The molecule has 1 aromatic heterocycles. The maximum Gasteiger partial charge on any atom is 0.229 e. The number of ether oxygens (including phenoxy) is 1. The van der Waals surface area contributed by atoms with Gasteiger partial charge in [-0.1, -0.05) is 17.7 Å². The number of aromatic nitrogens is 2. The number of rotatable bonds is 6. The van der Waals surface area contributed by atoms with Gasteiger partial charge >= 0.3 is 0 Å². The molecule has 8 nitrogen and oxygen atoms in total. The Morgan fingerprint density at radius 1 is 1.19 bits per heavy atom. The lowest BCUT2D eigenvalue weighted by atomic mass is 10.1. The third kappa shape index (κ3) is 5.24. The first-order valence-electron chi connectivity index (χ1n) is 10.1. The quantitative estimate of drug-likeness (QED) is 0.247. The first kappa shape index (κ1) is 21.8. The monoisotopic (exact) mass is 456 g/mol. The van der Waals surface area contributed by atoms with Crippen molar-refractivity contribution in [3.63, 3.8) is 0 Å². The highest BCUT2D eigenvalue weighted by atomic mass is 35.5. The predicted octanol–water partition coefficient (Wildman–Crippen LogP) is 4.35. The Kier molecular flexibility index (Phi) is 6.67. The zero-order valence-electron chi connectivity index (χ0n) is 17.1. The van der Waals surface area contributed by atoms with Crippen LogP contribution in [0.15, 0.2) is 53.7 Å². The number of nitrogens with zero attached hydrogens (tertiary/aromatic N) is 3. The molecule has 166 valence electrons. The number of para-hydroxylation sites is 1. The van der Waals surface area contributed by atoms with Gasteiger partial charge in [0.15, 0.2) is 0 Å². The van der Waals surface area contributed by atoms with Crippen molar-refractivity contribution in [3.05, 3.63) is 65.1 Å². The van der Waals surface area contributed by atoms with Crippen LogP contribution in [0.3, 0.4) is 0 Å². The summed E-state index contributed by atoms with van der Waals surface area (Å²) in [6.45, 7) is 1.29. The molecule has 0 atom stereocenters. The Labute approximate surface area is 189 Å². The molecule has 1 aliphatic rings. The number of phenolic OH excluding ortho intramolecular Hbond substituents is 1. The Balaban J connectivity index is 1.68. The first-order chi connectivity index (χ1) is 15.5. The van der Waals surface area contributed by atoms with Gasteiger partial charge in [0.25, 0.3) is 0 Å². The van der Waals surface area contributed by atoms with Gasteiger partial charge < -0.3 is 26.2 Å². The molecule has 0 amide bonds. The van der Waals surface area contributed by atoms with Crippen LogP contribution in [0.2, 0.25) is 5.02 Å². The number of hydrogen-bond acceptors (Lipinski definition) is 7. The van der Waals surface area contributed by atoms with E-state index in [-0.39, 0.29) is 28.3 Å². The van der Waals surface area contributed by atoms with E-state index in [0.717, 1.165) is 12.8 Å². The second kappa shape index (κ2) is 9.80. The molecule has 1 saturated heterocycles. The molecule has 1 aliphatic heterocycles. The molecule has 32 heavy (non-hydrogen) atoms. The number of aliphatic imine (C=N–C) groups is 1. The summed E-state index contributed by atoms with van der Waals surface area (Å²) in [6, 6.07) is 10.9. The van der Waals surface area contributed by atoms with Crippen molar-refractivity contribution in [1.82, 2.24) is 9.97 Å². The van der Waals surface area contributed by atoms with E-state index >= 15 is 0 Å². The number of benzene rings is 2. The summed E-state index contributed by atoms with van der Waals surface area (Å²) in [6.07, 6.45) is 3.13. The van der Waals surface area contributed by atoms with Crippen molar-refractivity contribution in [2.45, 2.75) is 18.9 Å². The van der Waals surface area contributed by atoms with Gasteiger partial charge in [-0.15, -0.1) is 0 Å². The predicted molar refractivity (Wildman–Crippen MR) is 123 cm³/mol. The highest BCUT2D eigenvalue weighted by Gasteiger charge is 2.19. The lowest BCUT2D eigenvalue weighted by Crippen LogP contribution is -2.30. The molecular weight excluding hydrogens is 435 g/mol. The summed E-state index contributed by atoms with van der Waals surface area (Å²) in [5.41, 5.74) is 7.30. The average molecular weight is 457 g/mol. The molecule has 4 rings (SSSR count). The van der Waals surface area contributed by atoms with Crippen LogP contribution in [0.5, 0.6) is 5.75 Å². The van der Waals surface area contributed by atoms with Crippen LogP contribution in [0.1, 0.15) is 18.4 Å². The van der Waals surface area contributed by atoms with Crippen LogP contribution < -0.4 is 16.4 Å². The topological polar surface area (TPSA) is 118 Å². The van der Waals surface area contributed by atoms with Crippen molar-refractivity contribution in [1.29, 1.82) is 0 Å². The number of nitrogens with two attached hydrogens (primary N) is 1. The lowest BCUT2D eigenvalue weighted by Gasteiger charge is -2.24. The van der Waals surface area contributed by atoms with Crippen molar-refractivity contribution < 1.29 is 14.2 Å². The van der Waals surface area contributed by atoms with Crippen molar-refractivity contribution >= 4 is 40.6 Å². The standard InChI is InChI=1S/C22H22ClFN6O2/c23-17-2-1-3-18(24)19(17)29-20(25)16-12-26-22(28-13-4-6-15(31)7-5-13)30-21(16)27-14-8-10-32-11-9-14/h1-7,12,14,31H,8-11H2,(H2,25,29)(H2,26,27,28,30). The smallest absolute Gasteiger partial charge is 0.229 e. The maximum atomic E-state index is 14.2. The fourth-order valence-corrected chi connectivity index (χ4v) is 3.43. The SMILES string of the molecule is NC(=Nc1c(F)cccc1Cl)c1cnc(Nc2ccc(O)cc2)nc1NC1CCOCC1. The van der Waals surface area contributed by atoms with Gasteiger partial charge in [-0.3, -0.25) is 0 Å². The van der Waals surface area contributed by atoms with E-state index in [1.54, 1.807) is 30.3 Å². The van der Waals surface area contributed by atoms with Gasteiger partial charge in [-0.25, -0.2) is 14.4 Å². The molecule has 2 heterocycles. The molecule has 0 unspecified atom stereocenters. The summed E-state index contributed by atoms with van der Waals surface area (Å²) in [4.78, 5) is 13.1. The van der Waals surface area contributed by atoms with E-state index in [9.17, 15) is 9.50 Å². The second-order valence-electron chi connectivity index (χ2n) is 7.23. The zero-order chi connectivity index (χ0) is 22.5. The molecular formula is C22H22ClFN6O2. The summed E-state index contributed by atoms with van der Waals surface area (Å²) in [5.74, 6) is 0.394. The lowest BCUT2D eigenvalue weighted by molar-refractivity contribution is 0.0904. The Hall–Kier alpha value is -3.43. The minimum atomic E-state index is -0.578. The van der Waals surface area contributed by atoms with Crippen molar-refractivity contribution in [3.8, 4) is 5.75 Å². The van der Waals surface area contributed by atoms with E-state index in [1.807, 2.05) is 0 Å². The minimum Gasteiger partial charge on any atom is -0.508 e. The molecule has 10 heteroatoms. The van der Waals surface area contributed by atoms with Crippen LogP contribution in [0, 0.1) is 5.82 Å². The molecule has 0 saturated carbocycles. The number of hydrogen-bond donors (Lipinski definition) is 4. The van der Waals surface area contributed by atoms with Crippen molar-refractivity contribution in [2.24, 2.45) is 10.7 Å². The first-order valence-corrected chi connectivity index (χ1v) is 10.4. The third-order valence-electron chi connectivity index (χ3n) is 4.92. The Morgan fingerprint density at radius 3 is 2.66 bits per heavy atom. The molecule has 0 bridgehead atoms. The van der Waals surface area contributed by atoms with E-state index in [0.29, 0.717) is 36.2 Å². The number of amidine groups is 1. The third-order valence-corrected chi connectivity index (χ3v) is 5.23. The fraction of sp³-hybridized carbons (Fsp3) is 0.227. The molecule has 1 fully saturated rings. The van der Waals surface area contributed by atoms with Crippen LogP contribution >= 0.6 is 11.6 Å². The van der Waals surface area contributed by atoms with Crippen LogP contribution in [0.4, 0.5) is 27.5 Å². The number of halogens is 2. The number of aromatic hydroxyl groups is 1. The summed E-state index contributed by atoms with van der Waals surface area (Å²) < 4.78 is 19.6. The number of nitrogens with one attached hydrogen (secondary N) is 2. The van der Waals surface area contributed by atoms with Gasteiger partial charge in [-0.2, -0.15) is 4.98 Å². The van der Waals surface area contributed by atoms with E-state index < -0.39 is 5.82 Å². The van der Waals surface area contributed by atoms with Gasteiger partial charge in [0.1, 0.15) is 28.9 Å². The summed E-state index contributed by atoms with van der Waals surface area (Å²) in [5, 5.41) is 16.1. The average Bonchev–Trinajstić information content (AvgIpc) is 2.79. The molecule has 3 aromatic rings. The van der Waals surface area contributed by atoms with E-state index in [4.69, 9.17) is 22.1 Å². The van der Waals surface area contributed by atoms with Gasteiger partial charge in [0.2, 0.25) is 5.95 Å². The van der Waals surface area contributed by atoms with Crippen LogP contribution in [-0.4, -0.2) is 40.2 Å². The summed E-state index contributed by atoms with van der Waals surface area (Å²) >= 11 is 6.09. The normalized spacial score (nSPS) is 14.9. The minimum absolute atomic E-state index is 0.0303. The number of phenols is 1. The highest BCUT2D eigenvalue weighted by Crippen LogP contribution is 2.29. The van der Waals surface area contributed by atoms with Crippen LogP contribution in [0.25, 0.3) is 0 Å². The molecule has 2 aromatic carbocycles. The van der Waals surface area contributed by atoms with Gasteiger partial charge in [-0.05, 0) is 49.2 Å². The zero-order valence-corrected chi connectivity index (χ0v) is 17.8. The highest BCUT2D eigenvalue weighted by molar-refractivity contribution is 6.33. The molecule has 0 radical (unpaired) electrons. The second-order valence-corrected chi connectivity index (χ2v) is 7.63. The maximum absolute atomic E-state index is 14.2. The van der Waals surface area contributed by atoms with Crippen LogP contribution in [-0.2, 0) is 4.74 Å². The molecule has 5 N–H and O–H groups in total. The Bertz CT molecular complexity index is 1100.